The minimum atomic E-state index is -1.18. The Morgan fingerprint density at radius 1 is 1.10 bits per heavy atom. The number of ether oxygens (including phenoxy) is 5. The molecule has 1 aromatic carbocycles. The first-order chi connectivity index (χ1) is 13.9. The van der Waals surface area contributed by atoms with Crippen LogP contribution in [0.2, 0.25) is 0 Å². The molecular formula is C21H29NO8. The van der Waals surface area contributed by atoms with E-state index in [1.54, 1.807) is 58.9 Å². The number of rotatable bonds is 5. The van der Waals surface area contributed by atoms with E-state index in [4.69, 9.17) is 23.7 Å². The minimum Gasteiger partial charge on any atom is -0.497 e. The summed E-state index contributed by atoms with van der Waals surface area (Å²) in [4.78, 5) is 38.8. The summed E-state index contributed by atoms with van der Waals surface area (Å²) in [7, 11) is 2.74. The Morgan fingerprint density at radius 3 is 2.20 bits per heavy atom. The molecule has 0 bridgehead atoms. The van der Waals surface area contributed by atoms with Crippen LogP contribution in [0, 0.1) is 0 Å². The van der Waals surface area contributed by atoms with Gasteiger partial charge in [-0.2, -0.15) is 0 Å². The van der Waals surface area contributed by atoms with Crippen molar-refractivity contribution >= 4 is 18.0 Å². The Kier molecular flexibility index (Phi) is 6.97. The summed E-state index contributed by atoms with van der Waals surface area (Å²) in [6.07, 6.45) is -1.83. The highest BCUT2D eigenvalue weighted by Crippen LogP contribution is 2.34. The van der Waals surface area contributed by atoms with Gasteiger partial charge in [-0.3, -0.25) is 4.90 Å². The van der Waals surface area contributed by atoms with Gasteiger partial charge in [0, 0.05) is 0 Å². The van der Waals surface area contributed by atoms with Crippen LogP contribution in [0.4, 0.5) is 4.79 Å². The maximum atomic E-state index is 12.8. The number of carbonyl (C=O) groups is 3. The van der Waals surface area contributed by atoms with Gasteiger partial charge in [0.1, 0.15) is 29.7 Å². The fraction of sp³-hybridized carbons (Fsp3) is 0.571. The van der Waals surface area contributed by atoms with E-state index in [9.17, 15) is 14.4 Å². The standard InChI is InChI=1S/C21H29NO8/c1-20(2,3)30-19(25)22-15(16(18(24)27-7)29-21(22,4)5)12-28-17(23)13-8-10-14(26-6)11-9-13/h8-11,15-16H,12H2,1-7H3/t15-,16+/m1/s1. The normalized spacial score (nSPS) is 20.4. The largest absolute Gasteiger partial charge is 0.497 e. The molecule has 0 spiro atoms. The minimum absolute atomic E-state index is 0.284. The lowest BCUT2D eigenvalue weighted by atomic mass is 10.1. The van der Waals surface area contributed by atoms with E-state index in [0.717, 1.165) is 0 Å². The molecule has 0 unspecified atom stereocenters. The van der Waals surface area contributed by atoms with Crippen molar-refractivity contribution in [2.45, 2.75) is 58.1 Å². The summed E-state index contributed by atoms with van der Waals surface area (Å²) in [5.41, 5.74) is -1.65. The zero-order valence-corrected chi connectivity index (χ0v) is 18.4. The van der Waals surface area contributed by atoms with Gasteiger partial charge in [0.15, 0.2) is 6.10 Å². The molecule has 166 valence electrons. The lowest BCUT2D eigenvalue weighted by Crippen LogP contribution is -2.52. The van der Waals surface area contributed by atoms with Crippen molar-refractivity contribution in [2.75, 3.05) is 20.8 Å². The molecule has 0 radical (unpaired) electrons. The number of amides is 1. The number of esters is 2. The summed E-state index contributed by atoms with van der Waals surface area (Å²) in [6, 6.07) is 5.44. The Labute approximate surface area is 176 Å². The third-order valence-electron chi connectivity index (χ3n) is 4.41. The van der Waals surface area contributed by atoms with Crippen LogP contribution < -0.4 is 4.74 Å². The number of nitrogens with zero attached hydrogens (tertiary/aromatic N) is 1. The van der Waals surface area contributed by atoms with Gasteiger partial charge in [-0.15, -0.1) is 0 Å². The van der Waals surface area contributed by atoms with Crippen molar-refractivity contribution in [1.82, 2.24) is 4.90 Å². The third-order valence-corrected chi connectivity index (χ3v) is 4.41. The molecule has 2 atom stereocenters. The maximum Gasteiger partial charge on any atom is 0.413 e. The molecule has 30 heavy (non-hydrogen) atoms. The first-order valence-electron chi connectivity index (χ1n) is 9.49. The van der Waals surface area contributed by atoms with E-state index in [-0.39, 0.29) is 6.61 Å². The summed E-state index contributed by atoms with van der Waals surface area (Å²) >= 11 is 0. The summed E-state index contributed by atoms with van der Waals surface area (Å²) < 4.78 is 26.5. The predicted molar refractivity (Wildman–Crippen MR) is 106 cm³/mol. The second kappa shape index (κ2) is 8.91. The van der Waals surface area contributed by atoms with Crippen LogP contribution in [0.5, 0.6) is 5.75 Å². The van der Waals surface area contributed by atoms with E-state index < -0.39 is 41.5 Å². The van der Waals surface area contributed by atoms with Crippen molar-refractivity contribution in [3.8, 4) is 5.75 Å². The molecule has 1 saturated heterocycles. The third kappa shape index (κ3) is 5.41. The molecule has 0 N–H and O–H groups in total. The number of hydrogen-bond acceptors (Lipinski definition) is 8. The fourth-order valence-corrected chi connectivity index (χ4v) is 3.10. The molecule has 1 fully saturated rings. The van der Waals surface area contributed by atoms with E-state index in [0.29, 0.717) is 11.3 Å². The molecule has 1 heterocycles. The highest BCUT2D eigenvalue weighted by molar-refractivity contribution is 5.89. The monoisotopic (exact) mass is 423 g/mol. The van der Waals surface area contributed by atoms with Crippen molar-refractivity contribution in [2.24, 2.45) is 0 Å². The summed E-state index contributed by atoms with van der Waals surface area (Å²) in [6.45, 7) is 8.14. The van der Waals surface area contributed by atoms with Crippen LogP contribution >= 0.6 is 0 Å². The molecular weight excluding hydrogens is 394 g/mol. The highest BCUT2D eigenvalue weighted by atomic mass is 16.6. The summed E-state index contributed by atoms with van der Waals surface area (Å²) in [5.74, 6) is -0.700. The smallest absolute Gasteiger partial charge is 0.413 e. The molecule has 0 saturated carbocycles. The molecule has 1 amide bonds. The Bertz CT molecular complexity index is 781. The molecule has 9 nitrogen and oxygen atoms in total. The van der Waals surface area contributed by atoms with Gasteiger partial charge >= 0.3 is 18.0 Å². The zero-order valence-electron chi connectivity index (χ0n) is 18.4. The van der Waals surface area contributed by atoms with E-state index in [1.807, 2.05) is 0 Å². The Hall–Kier alpha value is -2.81. The summed E-state index contributed by atoms with van der Waals surface area (Å²) in [5, 5.41) is 0. The number of benzene rings is 1. The molecule has 1 aromatic rings. The Morgan fingerprint density at radius 2 is 1.70 bits per heavy atom. The van der Waals surface area contributed by atoms with Crippen LogP contribution in [-0.2, 0) is 23.7 Å². The molecule has 0 aliphatic carbocycles. The average Bonchev–Trinajstić information content (AvgIpc) is 2.94. The lowest BCUT2D eigenvalue weighted by molar-refractivity contribution is -0.158. The number of hydrogen-bond donors (Lipinski definition) is 0. The molecule has 0 aromatic heterocycles. The Balaban J connectivity index is 2.23. The second-order valence-corrected chi connectivity index (χ2v) is 8.25. The molecule has 9 heteroatoms. The van der Waals surface area contributed by atoms with Gasteiger partial charge in [-0.05, 0) is 58.9 Å². The van der Waals surface area contributed by atoms with Gasteiger partial charge in [0.25, 0.3) is 0 Å². The molecule has 1 aliphatic rings. The van der Waals surface area contributed by atoms with Crippen LogP contribution in [-0.4, -0.2) is 67.2 Å². The quantitative estimate of drug-likeness (QED) is 0.526. The molecule has 2 rings (SSSR count). The van der Waals surface area contributed by atoms with Gasteiger partial charge in [0.2, 0.25) is 0 Å². The number of methoxy groups -OCH3 is 2. The van der Waals surface area contributed by atoms with Crippen molar-refractivity contribution in [3.63, 3.8) is 0 Å². The zero-order chi connectivity index (χ0) is 22.7. The van der Waals surface area contributed by atoms with Crippen LogP contribution in [0.3, 0.4) is 0 Å². The topological polar surface area (TPSA) is 101 Å². The van der Waals surface area contributed by atoms with E-state index >= 15 is 0 Å². The van der Waals surface area contributed by atoms with Crippen LogP contribution in [0.15, 0.2) is 24.3 Å². The lowest BCUT2D eigenvalue weighted by Gasteiger charge is -2.34. The van der Waals surface area contributed by atoms with Gasteiger partial charge < -0.3 is 23.7 Å². The van der Waals surface area contributed by atoms with Crippen LogP contribution in [0.25, 0.3) is 0 Å². The predicted octanol–water partition coefficient (Wildman–Crippen LogP) is 2.77. The molecule has 1 aliphatic heterocycles. The van der Waals surface area contributed by atoms with Gasteiger partial charge in [-0.1, -0.05) is 0 Å². The number of carbonyl (C=O) groups excluding carboxylic acids is 3. The fourth-order valence-electron chi connectivity index (χ4n) is 3.10. The van der Waals surface area contributed by atoms with Gasteiger partial charge in [-0.25, -0.2) is 14.4 Å². The van der Waals surface area contributed by atoms with Crippen molar-refractivity contribution in [1.29, 1.82) is 0 Å². The average molecular weight is 423 g/mol. The first-order valence-corrected chi connectivity index (χ1v) is 9.49. The van der Waals surface area contributed by atoms with E-state index in [2.05, 4.69) is 0 Å². The van der Waals surface area contributed by atoms with Crippen LogP contribution in [0.1, 0.15) is 45.0 Å². The van der Waals surface area contributed by atoms with Crippen molar-refractivity contribution < 1.29 is 38.1 Å². The van der Waals surface area contributed by atoms with Crippen molar-refractivity contribution in [3.05, 3.63) is 29.8 Å². The van der Waals surface area contributed by atoms with Gasteiger partial charge in [0.05, 0.1) is 19.8 Å². The maximum absolute atomic E-state index is 12.8. The SMILES string of the molecule is COC(=O)[C@H]1OC(C)(C)N(C(=O)OC(C)(C)C)[C@@H]1COC(=O)c1ccc(OC)cc1. The van der Waals surface area contributed by atoms with E-state index in [1.165, 1.54) is 19.1 Å². The first kappa shape index (κ1) is 23.5. The second-order valence-electron chi connectivity index (χ2n) is 8.25. The highest BCUT2D eigenvalue weighted by Gasteiger charge is 2.55.